The Hall–Kier alpha value is -2.56. The van der Waals surface area contributed by atoms with Crippen LogP contribution in [-0.2, 0) is 11.2 Å². The van der Waals surface area contributed by atoms with Crippen LogP contribution in [-0.4, -0.2) is 11.6 Å². The lowest BCUT2D eigenvalue weighted by Crippen LogP contribution is -2.41. The zero-order chi connectivity index (χ0) is 18.4. The summed E-state index contributed by atoms with van der Waals surface area (Å²) in [5.41, 5.74) is 7.93. The number of carbonyl (C=O) groups is 1. The smallest absolute Gasteiger partial charge is 0.408 e. The maximum Gasteiger partial charge on any atom is 0.408 e. The lowest BCUT2D eigenvalue weighted by Gasteiger charge is -2.24. The average molecular weight is 344 g/mol. The molecule has 5 heteroatoms. The van der Waals surface area contributed by atoms with Crippen molar-refractivity contribution in [2.45, 2.75) is 45.3 Å². The van der Waals surface area contributed by atoms with Gasteiger partial charge in [-0.15, -0.1) is 0 Å². The second-order valence-electron chi connectivity index (χ2n) is 7.10. The molecule has 0 radical (unpaired) electrons. The van der Waals surface area contributed by atoms with Gasteiger partial charge in [-0.05, 0) is 69.0 Å². The van der Waals surface area contributed by atoms with Crippen molar-refractivity contribution < 1.29 is 13.9 Å². The predicted octanol–water partition coefficient (Wildman–Crippen LogP) is 4.61. The van der Waals surface area contributed by atoms with Crippen LogP contribution in [0.25, 0.3) is 0 Å². The van der Waals surface area contributed by atoms with Crippen molar-refractivity contribution in [3.8, 4) is 0 Å². The molecule has 0 aliphatic carbocycles. The third-order valence-electron chi connectivity index (χ3n) is 3.61. The number of nitrogen functional groups attached to an aromatic ring is 1. The lowest BCUT2D eigenvalue weighted by molar-refractivity contribution is 0.0864. The Morgan fingerprint density at radius 3 is 2.48 bits per heavy atom. The standard InChI is InChI=1S/C20H25FN2O2/c1-20(2,3)23-19(24)25-18(15-8-10-16(21)11-9-15)12-7-14-5-4-6-17(22)13-14/h4-6,8-11,13,18H,7,12,22H2,1-3H3,(H,23,24). The molecule has 2 aromatic rings. The average Bonchev–Trinajstić information content (AvgIpc) is 2.50. The number of halogens is 1. The van der Waals surface area contributed by atoms with Crippen LogP contribution in [0.4, 0.5) is 14.9 Å². The highest BCUT2D eigenvalue weighted by Crippen LogP contribution is 2.24. The summed E-state index contributed by atoms with van der Waals surface area (Å²) in [5, 5.41) is 2.78. The van der Waals surface area contributed by atoms with E-state index >= 15 is 0 Å². The Kier molecular flexibility index (Phi) is 6.02. The fourth-order valence-electron chi connectivity index (χ4n) is 2.48. The van der Waals surface area contributed by atoms with E-state index in [4.69, 9.17) is 10.5 Å². The maximum absolute atomic E-state index is 13.2. The highest BCUT2D eigenvalue weighted by atomic mass is 19.1. The van der Waals surface area contributed by atoms with Crippen LogP contribution in [0.2, 0.25) is 0 Å². The first kappa shape index (κ1) is 18.8. The number of amides is 1. The van der Waals surface area contributed by atoms with Crippen molar-refractivity contribution >= 4 is 11.8 Å². The minimum absolute atomic E-state index is 0.322. The Morgan fingerprint density at radius 2 is 1.88 bits per heavy atom. The summed E-state index contributed by atoms with van der Waals surface area (Å²) in [7, 11) is 0. The second-order valence-corrected chi connectivity index (χ2v) is 7.10. The number of alkyl carbamates (subject to hydrolysis) is 1. The molecule has 0 aliphatic heterocycles. The van der Waals surface area contributed by atoms with Crippen molar-refractivity contribution in [2.75, 3.05) is 5.73 Å². The Balaban J connectivity index is 2.11. The molecule has 0 saturated heterocycles. The third kappa shape index (κ3) is 6.45. The number of hydrogen-bond donors (Lipinski definition) is 2. The van der Waals surface area contributed by atoms with Crippen LogP contribution < -0.4 is 11.1 Å². The van der Waals surface area contributed by atoms with Crippen LogP contribution in [0.1, 0.15) is 44.4 Å². The van der Waals surface area contributed by atoms with Gasteiger partial charge in [-0.1, -0.05) is 24.3 Å². The Morgan fingerprint density at radius 1 is 1.20 bits per heavy atom. The Labute approximate surface area is 148 Å². The topological polar surface area (TPSA) is 64.3 Å². The van der Waals surface area contributed by atoms with Crippen molar-refractivity contribution in [3.63, 3.8) is 0 Å². The van der Waals surface area contributed by atoms with Gasteiger partial charge in [-0.25, -0.2) is 9.18 Å². The number of aryl methyl sites for hydroxylation is 1. The summed E-state index contributed by atoms with van der Waals surface area (Å²) in [4.78, 5) is 12.1. The van der Waals surface area contributed by atoms with Gasteiger partial charge in [0.05, 0.1) is 0 Å². The van der Waals surface area contributed by atoms with Gasteiger partial charge in [-0.2, -0.15) is 0 Å². The van der Waals surface area contributed by atoms with Crippen molar-refractivity contribution in [3.05, 3.63) is 65.5 Å². The van der Waals surface area contributed by atoms with Gasteiger partial charge in [0.15, 0.2) is 0 Å². The molecule has 2 aromatic carbocycles. The number of benzene rings is 2. The molecule has 0 aliphatic rings. The first-order chi connectivity index (χ1) is 11.7. The highest BCUT2D eigenvalue weighted by Gasteiger charge is 2.20. The largest absolute Gasteiger partial charge is 0.441 e. The van der Waals surface area contributed by atoms with Crippen molar-refractivity contribution in [2.24, 2.45) is 0 Å². The number of anilines is 1. The number of hydrogen-bond acceptors (Lipinski definition) is 3. The summed E-state index contributed by atoms with van der Waals surface area (Å²) < 4.78 is 18.8. The normalized spacial score (nSPS) is 12.5. The highest BCUT2D eigenvalue weighted by molar-refractivity contribution is 5.68. The van der Waals surface area contributed by atoms with Crippen LogP contribution in [0.3, 0.4) is 0 Å². The van der Waals surface area contributed by atoms with Gasteiger partial charge in [0.1, 0.15) is 11.9 Å². The van der Waals surface area contributed by atoms with Crippen molar-refractivity contribution in [1.82, 2.24) is 5.32 Å². The first-order valence-corrected chi connectivity index (χ1v) is 8.31. The van der Waals surface area contributed by atoms with E-state index in [1.165, 1.54) is 12.1 Å². The van der Waals surface area contributed by atoms with E-state index in [0.717, 1.165) is 11.1 Å². The molecule has 1 unspecified atom stereocenters. The quantitative estimate of drug-likeness (QED) is 0.779. The molecule has 134 valence electrons. The van der Waals surface area contributed by atoms with Crippen LogP contribution >= 0.6 is 0 Å². The van der Waals surface area contributed by atoms with E-state index in [2.05, 4.69) is 5.32 Å². The molecule has 0 aromatic heterocycles. The van der Waals surface area contributed by atoms with Gasteiger partial charge in [0.25, 0.3) is 0 Å². The van der Waals surface area contributed by atoms with E-state index in [0.29, 0.717) is 18.5 Å². The van der Waals surface area contributed by atoms with E-state index in [-0.39, 0.29) is 5.82 Å². The van der Waals surface area contributed by atoms with Gasteiger partial charge in [0, 0.05) is 11.2 Å². The van der Waals surface area contributed by atoms with E-state index in [9.17, 15) is 9.18 Å². The van der Waals surface area contributed by atoms with E-state index in [1.807, 2.05) is 45.0 Å². The predicted molar refractivity (Wildman–Crippen MR) is 97.7 cm³/mol. The molecular weight excluding hydrogens is 319 g/mol. The van der Waals surface area contributed by atoms with Crippen LogP contribution in [0, 0.1) is 5.82 Å². The zero-order valence-corrected chi connectivity index (χ0v) is 14.9. The molecule has 3 N–H and O–H groups in total. The molecule has 25 heavy (non-hydrogen) atoms. The van der Waals surface area contributed by atoms with E-state index < -0.39 is 17.7 Å². The van der Waals surface area contributed by atoms with Crippen LogP contribution in [0.5, 0.6) is 0 Å². The number of rotatable bonds is 5. The van der Waals surface area contributed by atoms with Gasteiger partial charge >= 0.3 is 6.09 Å². The third-order valence-corrected chi connectivity index (χ3v) is 3.61. The summed E-state index contributed by atoms with van der Waals surface area (Å²) >= 11 is 0. The maximum atomic E-state index is 13.2. The molecule has 0 bridgehead atoms. The second kappa shape index (κ2) is 8.01. The molecule has 0 spiro atoms. The summed E-state index contributed by atoms with van der Waals surface area (Å²) in [6.45, 7) is 5.65. The summed E-state index contributed by atoms with van der Waals surface area (Å²) in [6, 6.07) is 13.6. The summed E-state index contributed by atoms with van der Waals surface area (Å²) in [5.74, 6) is -0.322. The number of nitrogens with one attached hydrogen (secondary N) is 1. The van der Waals surface area contributed by atoms with E-state index in [1.54, 1.807) is 12.1 Å². The van der Waals surface area contributed by atoms with Gasteiger partial charge < -0.3 is 15.8 Å². The monoisotopic (exact) mass is 344 g/mol. The molecule has 2 rings (SSSR count). The summed E-state index contributed by atoms with van der Waals surface area (Å²) in [6.07, 6.45) is 0.307. The minimum Gasteiger partial charge on any atom is -0.441 e. The van der Waals surface area contributed by atoms with Crippen molar-refractivity contribution in [1.29, 1.82) is 0 Å². The fourth-order valence-corrected chi connectivity index (χ4v) is 2.48. The van der Waals surface area contributed by atoms with Crippen LogP contribution in [0.15, 0.2) is 48.5 Å². The SMILES string of the molecule is CC(C)(C)NC(=O)OC(CCc1cccc(N)c1)c1ccc(F)cc1. The molecule has 1 atom stereocenters. The molecular formula is C20H25FN2O2. The molecule has 4 nitrogen and oxygen atoms in total. The molecule has 0 saturated carbocycles. The zero-order valence-electron chi connectivity index (χ0n) is 14.9. The number of nitrogens with two attached hydrogens (primary N) is 1. The molecule has 0 fully saturated rings. The first-order valence-electron chi connectivity index (χ1n) is 8.31. The minimum atomic E-state index is -0.491. The number of ether oxygens (including phenoxy) is 1. The van der Waals surface area contributed by atoms with Gasteiger partial charge in [-0.3, -0.25) is 0 Å². The van der Waals surface area contributed by atoms with Gasteiger partial charge in [0.2, 0.25) is 0 Å². The number of carbonyl (C=O) groups excluding carboxylic acids is 1. The molecule has 1 amide bonds. The Bertz CT molecular complexity index is 708. The molecule has 0 heterocycles. The fraction of sp³-hybridized carbons (Fsp3) is 0.350. The lowest BCUT2D eigenvalue weighted by atomic mass is 10.0.